The first-order valence-electron chi connectivity index (χ1n) is 8.88. The monoisotopic (exact) mass is 352 g/mol. The summed E-state index contributed by atoms with van der Waals surface area (Å²) in [7, 11) is 3.52. The highest BCUT2D eigenvalue weighted by Crippen LogP contribution is 2.22. The fraction of sp³-hybridized carbons (Fsp3) is 0.364. The summed E-state index contributed by atoms with van der Waals surface area (Å²) in [6.07, 6.45) is 1.18. The third-order valence-corrected chi connectivity index (χ3v) is 4.35. The molecule has 0 bridgehead atoms. The molecule has 26 heavy (non-hydrogen) atoms. The molecule has 0 aromatic heterocycles. The van der Waals surface area contributed by atoms with Gasteiger partial charge in [-0.1, -0.05) is 45.0 Å². The van der Waals surface area contributed by atoms with Gasteiger partial charge in [-0.2, -0.15) is 0 Å². The SMILES string of the molecule is CN(C)C(=O)CCc1ccc(NC(=O)c2ccc(C(C)(C)C)cc2)cc1. The lowest BCUT2D eigenvalue weighted by Crippen LogP contribution is -2.21. The maximum Gasteiger partial charge on any atom is 0.255 e. The summed E-state index contributed by atoms with van der Waals surface area (Å²) in [5.41, 5.74) is 3.73. The number of carbonyl (C=O) groups is 2. The summed E-state index contributed by atoms with van der Waals surface area (Å²) in [6, 6.07) is 15.4. The fourth-order valence-electron chi connectivity index (χ4n) is 2.55. The molecule has 0 aliphatic heterocycles. The van der Waals surface area contributed by atoms with Crippen LogP contribution in [0.25, 0.3) is 0 Å². The zero-order valence-corrected chi connectivity index (χ0v) is 16.3. The zero-order valence-electron chi connectivity index (χ0n) is 16.3. The Morgan fingerprint density at radius 1 is 0.923 bits per heavy atom. The molecular weight excluding hydrogens is 324 g/mol. The number of carbonyl (C=O) groups excluding carboxylic acids is 2. The van der Waals surface area contributed by atoms with Gasteiger partial charge in [-0.05, 0) is 47.2 Å². The number of amides is 2. The molecular formula is C22H28N2O2. The van der Waals surface area contributed by atoms with E-state index >= 15 is 0 Å². The van der Waals surface area contributed by atoms with Gasteiger partial charge >= 0.3 is 0 Å². The van der Waals surface area contributed by atoms with Crippen molar-refractivity contribution in [3.63, 3.8) is 0 Å². The van der Waals surface area contributed by atoms with Crippen molar-refractivity contribution in [1.82, 2.24) is 4.90 Å². The maximum atomic E-state index is 12.4. The second-order valence-corrected chi connectivity index (χ2v) is 7.77. The first-order chi connectivity index (χ1) is 12.2. The lowest BCUT2D eigenvalue weighted by atomic mass is 9.87. The second-order valence-electron chi connectivity index (χ2n) is 7.77. The molecule has 4 heteroatoms. The van der Waals surface area contributed by atoms with Gasteiger partial charge in [0, 0.05) is 31.8 Å². The topological polar surface area (TPSA) is 49.4 Å². The van der Waals surface area contributed by atoms with Gasteiger partial charge < -0.3 is 10.2 Å². The number of nitrogens with zero attached hydrogens (tertiary/aromatic N) is 1. The van der Waals surface area contributed by atoms with Crippen LogP contribution < -0.4 is 5.32 Å². The number of nitrogens with one attached hydrogen (secondary N) is 1. The number of benzene rings is 2. The normalized spacial score (nSPS) is 11.1. The van der Waals surface area contributed by atoms with Gasteiger partial charge in [0.05, 0.1) is 0 Å². The third-order valence-electron chi connectivity index (χ3n) is 4.35. The van der Waals surface area contributed by atoms with Crippen LogP contribution in [0, 0.1) is 0 Å². The summed E-state index contributed by atoms with van der Waals surface area (Å²) in [5, 5.41) is 2.91. The molecule has 2 rings (SSSR count). The van der Waals surface area contributed by atoms with E-state index < -0.39 is 0 Å². The molecule has 0 atom stereocenters. The fourth-order valence-corrected chi connectivity index (χ4v) is 2.55. The number of hydrogen-bond donors (Lipinski definition) is 1. The van der Waals surface area contributed by atoms with E-state index in [1.54, 1.807) is 19.0 Å². The summed E-state index contributed by atoms with van der Waals surface area (Å²) in [6.45, 7) is 6.45. The number of hydrogen-bond acceptors (Lipinski definition) is 2. The van der Waals surface area contributed by atoms with E-state index in [1.807, 2.05) is 48.5 Å². The van der Waals surface area contributed by atoms with Gasteiger partial charge in [0.25, 0.3) is 5.91 Å². The van der Waals surface area contributed by atoms with Crippen LogP contribution in [0.3, 0.4) is 0 Å². The minimum Gasteiger partial charge on any atom is -0.349 e. The molecule has 0 heterocycles. The number of aryl methyl sites for hydroxylation is 1. The molecule has 1 N–H and O–H groups in total. The Kier molecular flexibility index (Phi) is 6.19. The van der Waals surface area contributed by atoms with Gasteiger partial charge in [0.1, 0.15) is 0 Å². The second kappa shape index (κ2) is 8.17. The van der Waals surface area contributed by atoms with Crippen LogP contribution in [0.15, 0.2) is 48.5 Å². The molecule has 2 aromatic rings. The van der Waals surface area contributed by atoms with Gasteiger partial charge in [0.15, 0.2) is 0 Å². The molecule has 138 valence electrons. The van der Waals surface area contributed by atoms with E-state index in [4.69, 9.17) is 0 Å². The average Bonchev–Trinajstić information content (AvgIpc) is 2.60. The summed E-state index contributed by atoms with van der Waals surface area (Å²) >= 11 is 0. The Bertz CT molecular complexity index is 754. The first kappa shape index (κ1) is 19.7. The predicted molar refractivity (Wildman–Crippen MR) is 107 cm³/mol. The number of anilines is 1. The Labute approximate surface area is 156 Å². The maximum absolute atomic E-state index is 12.4. The van der Waals surface area contributed by atoms with Gasteiger partial charge in [0.2, 0.25) is 5.91 Å². The van der Waals surface area contributed by atoms with Crippen molar-refractivity contribution in [2.24, 2.45) is 0 Å². The van der Waals surface area contributed by atoms with Crippen LogP contribution in [0.5, 0.6) is 0 Å². The molecule has 4 nitrogen and oxygen atoms in total. The van der Waals surface area contributed by atoms with Crippen molar-refractivity contribution >= 4 is 17.5 Å². The molecule has 2 amide bonds. The highest BCUT2D eigenvalue weighted by Gasteiger charge is 2.14. The molecule has 0 aliphatic carbocycles. The lowest BCUT2D eigenvalue weighted by molar-refractivity contribution is -0.128. The summed E-state index contributed by atoms with van der Waals surface area (Å²) < 4.78 is 0. The van der Waals surface area contributed by atoms with Gasteiger partial charge in [-0.15, -0.1) is 0 Å². The summed E-state index contributed by atoms with van der Waals surface area (Å²) in [5.74, 6) is -0.0120. The van der Waals surface area contributed by atoms with Gasteiger partial charge in [-0.25, -0.2) is 0 Å². The van der Waals surface area contributed by atoms with Gasteiger partial charge in [-0.3, -0.25) is 9.59 Å². The van der Waals surface area contributed by atoms with Crippen LogP contribution in [0.4, 0.5) is 5.69 Å². The van der Waals surface area contributed by atoms with Crippen LogP contribution in [-0.4, -0.2) is 30.8 Å². The van der Waals surface area contributed by atoms with Crippen molar-refractivity contribution in [3.8, 4) is 0 Å². The highest BCUT2D eigenvalue weighted by molar-refractivity contribution is 6.04. The van der Waals surface area contributed by atoms with Crippen molar-refractivity contribution in [1.29, 1.82) is 0 Å². The molecule has 0 unspecified atom stereocenters. The zero-order chi connectivity index (χ0) is 19.3. The third kappa shape index (κ3) is 5.45. The van der Waals surface area contributed by atoms with E-state index in [0.717, 1.165) is 11.3 Å². The Hall–Kier alpha value is -2.62. The van der Waals surface area contributed by atoms with E-state index in [0.29, 0.717) is 18.4 Å². The van der Waals surface area contributed by atoms with Crippen molar-refractivity contribution in [2.45, 2.75) is 39.0 Å². The highest BCUT2D eigenvalue weighted by atomic mass is 16.2. The van der Waals surface area contributed by atoms with E-state index in [-0.39, 0.29) is 17.2 Å². The van der Waals surface area contributed by atoms with Crippen LogP contribution in [0.1, 0.15) is 48.7 Å². The molecule has 0 saturated carbocycles. The van der Waals surface area contributed by atoms with Crippen molar-refractivity contribution in [2.75, 3.05) is 19.4 Å². The van der Waals surface area contributed by atoms with Crippen LogP contribution in [0.2, 0.25) is 0 Å². The standard InChI is InChI=1S/C22H28N2O2/c1-22(2,3)18-11-9-17(10-12-18)21(26)23-19-13-6-16(7-14-19)8-15-20(25)24(4)5/h6-7,9-14H,8,15H2,1-5H3,(H,23,26). The minimum atomic E-state index is -0.124. The largest absolute Gasteiger partial charge is 0.349 e. The predicted octanol–water partition coefficient (Wildman–Crippen LogP) is 4.26. The molecule has 0 fully saturated rings. The van der Waals surface area contributed by atoms with Crippen molar-refractivity contribution < 1.29 is 9.59 Å². The smallest absolute Gasteiger partial charge is 0.255 e. The summed E-state index contributed by atoms with van der Waals surface area (Å²) in [4.78, 5) is 25.6. The quantitative estimate of drug-likeness (QED) is 0.874. The lowest BCUT2D eigenvalue weighted by Gasteiger charge is -2.19. The molecule has 2 aromatic carbocycles. The van der Waals surface area contributed by atoms with E-state index in [1.165, 1.54) is 5.56 Å². The molecule has 0 radical (unpaired) electrons. The number of rotatable bonds is 5. The van der Waals surface area contributed by atoms with E-state index in [2.05, 4.69) is 26.1 Å². The molecule has 0 aliphatic rings. The van der Waals surface area contributed by atoms with Crippen molar-refractivity contribution in [3.05, 3.63) is 65.2 Å². The minimum absolute atomic E-state index is 0.0683. The molecule has 0 spiro atoms. The van der Waals surface area contributed by atoms with Crippen LogP contribution >= 0.6 is 0 Å². The Morgan fingerprint density at radius 2 is 1.50 bits per heavy atom. The van der Waals surface area contributed by atoms with E-state index in [9.17, 15) is 9.59 Å². The Balaban J connectivity index is 1.96. The van der Waals surface area contributed by atoms with Crippen LogP contribution in [-0.2, 0) is 16.6 Å². The Morgan fingerprint density at radius 3 is 2.00 bits per heavy atom. The average molecular weight is 352 g/mol. The first-order valence-corrected chi connectivity index (χ1v) is 8.88. The molecule has 0 saturated heterocycles.